The Labute approximate surface area is 124 Å². The first-order chi connectivity index (χ1) is 10.2. The van der Waals surface area contributed by atoms with Crippen molar-refractivity contribution in [1.82, 2.24) is 4.98 Å². The highest BCUT2D eigenvalue weighted by molar-refractivity contribution is 5.84. The minimum Gasteiger partial charge on any atom is -0.376 e. The summed E-state index contributed by atoms with van der Waals surface area (Å²) in [5.41, 5.74) is 3.21. The number of halogens is 1. The summed E-state index contributed by atoms with van der Waals surface area (Å²) in [6.07, 6.45) is 3.40. The molecule has 1 aromatic carbocycles. The molecule has 2 aromatic rings. The molecular formula is C17H22FNO2. The zero-order chi connectivity index (χ0) is 14.8. The maximum atomic E-state index is 13.3. The number of aromatic amines is 1. The highest BCUT2D eigenvalue weighted by Gasteiger charge is 2.23. The van der Waals surface area contributed by atoms with Gasteiger partial charge in [0.15, 0.2) is 0 Å². The second-order valence-electron chi connectivity index (χ2n) is 5.73. The van der Waals surface area contributed by atoms with Gasteiger partial charge in [0.05, 0.1) is 18.8 Å². The van der Waals surface area contributed by atoms with Crippen LogP contribution in [0.15, 0.2) is 18.2 Å². The monoisotopic (exact) mass is 291 g/mol. The average molecular weight is 291 g/mol. The molecule has 0 spiro atoms. The molecule has 3 nitrogen and oxygen atoms in total. The highest BCUT2D eigenvalue weighted by Crippen LogP contribution is 2.27. The fraction of sp³-hybridized carbons (Fsp3) is 0.529. The Morgan fingerprint density at radius 3 is 2.95 bits per heavy atom. The predicted octanol–water partition coefficient (Wildman–Crippen LogP) is 3.74. The lowest BCUT2D eigenvalue weighted by Crippen LogP contribution is -2.32. The fourth-order valence-corrected chi connectivity index (χ4v) is 3.16. The Morgan fingerprint density at radius 1 is 1.38 bits per heavy atom. The number of aromatic nitrogens is 1. The maximum Gasteiger partial charge on any atom is 0.125 e. The van der Waals surface area contributed by atoms with E-state index in [2.05, 4.69) is 4.98 Å². The van der Waals surface area contributed by atoms with Crippen LogP contribution in [-0.4, -0.2) is 30.4 Å². The van der Waals surface area contributed by atoms with Gasteiger partial charge in [0, 0.05) is 29.6 Å². The molecule has 1 aliphatic heterocycles. The quantitative estimate of drug-likeness (QED) is 0.931. The number of hydrogen-bond donors (Lipinski definition) is 1. The summed E-state index contributed by atoms with van der Waals surface area (Å²) in [5, 5.41) is 1.10. The van der Waals surface area contributed by atoms with Crippen LogP contribution in [0.3, 0.4) is 0 Å². The molecule has 0 radical (unpaired) electrons. The van der Waals surface area contributed by atoms with Gasteiger partial charge in [0.2, 0.25) is 0 Å². The molecule has 4 heteroatoms. The number of nitrogens with one attached hydrogen (secondary N) is 1. The van der Waals surface area contributed by atoms with Gasteiger partial charge in [0.1, 0.15) is 5.82 Å². The summed E-state index contributed by atoms with van der Waals surface area (Å²) >= 11 is 0. The van der Waals surface area contributed by atoms with Crippen LogP contribution in [0.1, 0.15) is 31.0 Å². The van der Waals surface area contributed by atoms with Crippen LogP contribution in [0.4, 0.5) is 4.39 Å². The van der Waals surface area contributed by atoms with Gasteiger partial charge in [-0.1, -0.05) is 0 Å². The predicted molar refractivity (Wildman–Crippen MR) is 81.1 cm³/mol. The van der Waals surface area contributed by atoms with E-state index in [1.54, 1.807) is 6.07 Å². The largest absolute Gasteiger partial charge is 0.376 e. The van der Waals surface area contributed by atoms with Crippen molar-refractivity contribution in [2.45, 2.75) is 45.3 Å². The molecule has 114 valence electrons. The van der Waals surface area contributed by atoms with Crippen molar-refractivity contribution in [2.24, 2.45) is 0 Å². The Hall–Kier alpha value is -1.39. The second kappa shape index (κ2) is 6.16. The van der Waals surface area contributed by atoms with Crippen molar-refractivity contribution in [2.75, 3.05) is 13.2 Å². The molecule has 0 bridgehead atoms. The van der Waals surface area contributed by atoms with E-state index in [-0.39, 0.29) is 18.0 Å². The van der Waals surface area contributed by atoms with Crippen LogP contribution in [0.25, 0.3) is 10.9 Å². The number of aryl methyl sites for hydroxylation is 1. The second-order valence-corrected chi connectivity index (χ2v) is 5.73. The molecule has 0 saturated carbocycles. The van der Waals surface area contributed by atoms with E-state index in [9.17, 15) is 4.39 Å². The Bertz CT molecular complexity index is 615. The number of H-pyrrole nitrogens is 1. The topological polar surface area (TPSA) is 34.2 Å². The van der Waals surface area contributed by atoms with Gasteiger partial charge in [-0.2, -0.15) is 0 Å². The van der Waals surface area contributed by atoms with E-state index in [0.717, 1.165) is 42.5 Å². The summed E-state index contributed by atoms with van der Waals surface area (Å²) in [5.74, 6) is -0.205. The van der Waals surface area contributed by atoms with E-state index in [0.29, 0.717) is 6.61 Å². The van der Waals surface area contributed by atoms with Crippen LogP contribution in [0.5, 0.6) is 0 Å². The van der Waals surface area contributed by atoms with Crippen molar-refractivity contribution in [3.63, 3.8) is 0 Å². The fourth-order valence-electron chi connectivity index (χ4n) is 3.16. The molecule has 1 fully saturated rings. The molecule has 2 atom stereocenters. The van der Waals surface area contributed by atoms with Gasteiger partial charge in [-0.05, 0) is 50.5 Å². The summed E-state index contributed by atoms with van der Waals surface area (Å²) in [7, 11) is 0. The lowest BCUT2D eigenvalue weighted by atomic mass is 9.98. The number of hydrogen-bond acceptors (Lipinski definition) is 2. The van der Waals surface area contributed by atoms with Crippen LogP contribution in [-0.2, 0) is 15.9 Å². The Morgan fingerprint density at radius 2 is 2.24 bits per heavy atom. The first kappa shape index (κ1) is 14.5. The lowest BCUT2D eigenvalue weighted by molar-refractivity contribution is -0.0818. The molecule has 0 aliphatic carbocycles. The van der Waals surface area contributed by atoms with Gasteiger partial charge in [-0.15, -0.1) is 0 Å². The smallest absolute Gasteiger partial charge is 0.125 e. The average Bonchev–Trinajstić information content (AvgIpc) is 2.76. The minimum absolute atomic E-state index is 0.205. The Balaban J connectivity index is 1.72. The number of fused-ring (bicyclic) bond motifs is 1. The standard InChI is InChI=1S/C17H22FNO2/c1-3-20-14-6-5-13(21-10-14)9-16-11(2)19-17-8-12(18)4-7-15(16)17/h4,7-8,13-14,19H,3,5-6,9-10H2,1-2H3. The first-order valence-electron chi connectivity index (χ1n) is 7.67. The number of rotatable bonds is 4. The van der Waals surface area contributed by atoms with E-state index in [1.165, 1.54) is 11.6 Å². The Kier molecular flexibility index (Phi) is 4.27. The van der Waals surface area contributed by atoms with E-state index in [1.807, 2.05) is 19.9 Å². The van der Waals surface area contributed by atoms with Crippen LogP contribution in [0.2, 0.25) is 0 Å². The van der Waals surface area contributed by atoms with E-state index >= 15 is 0 Å². The SMILES string of the molecule is CCOC1CCC(Cc2c(C)[nH]c3cc(F)ccc23)OC1. The summed E-state index contributed by atoms with van der Waals surface area (Å²) < 4.78 is 24.8. The molecule has 2 heterocycles. The molecule has 21 heavy (non-hydrogen) atoms. The van der Waals surface area contributed by atoms with Crippen molar-refractivity contribution < 1.29 is 13.9 Å². The normalized spacial score (nSPS) is 22.8. The summed E-state index contributed by atoms with van der Waals surface area (Å²) in [4.78, 5) is 3.27. The third kappa shape index (κ3) is 3.11. The number of ether oxygens (including phenoxy) is 2. The van der Waals surface area contributed by atoms with Crippen molar-refractivity contribution >= 4 is 10.9 Å². The van der Waals surface area contributed by atoms with E-state index < -0.39 is 0 Å². The molecule has 2 unspecified atom stereocenters. The maximum absolute atomic E-state index is 13.3. The van der Waals surface area contributed by atoms with Crippen LogP contribution in [0, 0.1) is 12.7 Å². The summed E-state index contributed by atoms with van der Waals surface area (Å²) in [6, 6.07) is 4.93. The van der Waals surface area contributed by atoms with Gasteiger partial charge in [-0.3, -0.25) is 0 Å². The molecule has 1 aliphatic rings. The molecule has 1 aromatic heterocycles. The van der Waals surface area contributed by atoms with Crippen molar-refractivity contribution in [1.29, 1.82) is 0 Å². The highest BCUT2D eigenvalue weighted by atomic mass is 19.1. The van der Waals surface area contributed by atoms with Crippen LogP contribution < -0.4 is 0 Å². The zero-order valence-electron chi connectivity index (χ0n) is 12.6. The minimum atomic E-state index is -0.205. The van der Waals surface area contributed by atoms with Gasteiger partial charge in [0.25, 0.3) is 0 Å². The van der Waals surface area contributed by atoms with Gasteiger partial charge in [-0.25, -0.2) is 4.39 Å². The third-order valence-electron chi connectivity index (χ3n) is 4.24. The number of benzene rings is 1. The third-order valence-corrected chi connectivity index (χ3v) is 4.24. The summed E-state index contributed by atoms with van der Waals surface area (Å²) in [6.45, 7) is 5.47. The van der Waals surface area contributed by atoms with Gasteiger partial charge >= 0.3 is 0 Å². The first-order valence-corrected chi connectivity index (χ1v) is 7.67. The molecule has 3 rings (SSSR count). The molecule has 1 N–H and O–H groups in total. The van der Waals surface area contributed by atoms with Crippen molar-refractivity contribution in [3.05, 3.63) is 35.3 Å². The zero-order valence-corrected chi connectivity index (χ0v) is 12.6. The van der Waals surface area contributed by atoms with Gasteiger partial charge < -0.3 is 14.5 Å². The molecule has 1 saturated heterocycles. The lowest BCUT2D eigenvalue weighted by Gasteiger charge is -2.29. The van der Waals surface area contributed by atoms with Crippen LogP contribution >= 0.6 is 0 Å². The molecular weight excluding hydrogens is 269 g/mol. The van der Waals surface area contributed by atoms with Crippen molar-refractivity contribution in [3.8, 4) is 0 Å². The van der Waals surface area contributed by atoms with E-state index in [4.69, 9.17) is 9.47 Å². The molecule has 0 amide bonds.